The van der Waals surface area contributed by atoms with Gasteiger partial charge in [-0.05, 0) is 45.1 Å². The van der Waals surface area contributed by atoms with Crippen molar-refractivity contribution in [2.75, 3.05) is 0 Å². The van der Waals surface area contributed by atoms with Crippen LogP contribution in [0, 0.1) is 17.0 Å². The molecular weight excluding hydrogens is 266 g/mol. The molecule has 114 valence electrons. The van der Waals surface area contributed by atoms with Crippen molar-refractivity contribution in [3.05, 3.63) is 39.4 Å². The van der Waals surface area contributed by atoms with Crippen LogP contribution in [0.3, 0.4) is 0 Å². The fraction of sp³-hybridized carbons (Fsp3) is 0.625. The van der Waals surface area contributed by atoms with E-state index in [1.807, 2.05) is 12.1 Å². The normalized spacial score (nSPS) is 30.3. The highest BCUT2D eigenvalue weighted by molar-refractivity contribution is 5.43. The molecular formula is C16H23N3O2. The van der Waals surface area contributed by atoms with Gasteiger partial charge in [0.05, 0.1) is 4.92 Å². The summed E-state index contributed by atoms with van der Waals surface area (Å²) >= 11 is 0. The van der Waals surface area contributed by atoms with Crippen LogP contribution in [-0.4, -0.2) is 27.9 Å². The Morgan fingerprint density at radius 3 is 2.52 bits per heavy atom. The zero-order chi connectivity index (χ0) is 15.1. The highest BCUT2D eigenvalue weighted by atomic mass is 16.6. The molecule has 2 aliphatic rings. The molecule has 3 rings (SSSR count). The minimum atomic E-state index is -0.285. The van der Waals surface area contributed by atoms with Gasteiger partial charge in [-0.3, -0.25) is 15.0 Å². The van der Waals surface area contributed by atoms with Crippen molar-refractivity contribution >= 4 is 5.69 Å². The number of benzene rings is 1. The highest BCUT2D eigenvalue weighted by Crippen LogP contribution is 2.41. The third kappa shape index (κ3) is 2.56. The molecule has 21 heavy (non-hydrogen) atoms. The summed E-state index contributed by atoms with van der Waals surface area (Å²) in [6.07, 6.45) is 4.51. The lowest BCUT2D eigenvalue weighted by atomic mass is 9.94. The third-order valence-electron chi connectivity index (χ3n) is 5.19. The van der Waals surface area contributed by atoms with E-state index in [1.165, 1.54) is 12.8 Å². The van der Waals surface area contributed by atoms with Gasteiger partial charge in [0.15, 0.2) is 0 Å². The van der Waals surface area contributed by atoms with Crippen LogP contribution < -0.4 is 5.73 Å². The van der Waals surface area contributed by atoms with Gasteiger partial charge in [0, 0.05) is 35.8 Å². The van der Waals surface area contributed by atoms with Crippen LogP contribution in [0.1, 0.15) is 49.8 Å². The van der Waals surface area contributed by atoms with E-state index < -0.39 is 0 Å². The van der Waals surface area contributed by atoms with Crippen LogP contribution >= 0.6 is 0 Å². The predicted octanol–water partition coefficient (Wildman–Crippen LogP) is 2.92. The fourth-order valence-electron chi connectivity index (χ4n) is 4.14. The van der Waals surface area contributed by atoms with Crippen LogP contribution in [0.25, 0.3) is 0 Å². The highest BCUT2D eigenvalue weighted by Gasteiger charge is 2.42. The molecule has 2 saturated heterocycles. The molecule has 2 bridgehead atoms. The van der Waals surface area contributed by atoms with E-state index in [1.54, 1.807) is 13.0 Å². The van der Waals surface area contributed by atoms with E-state index in [-0.39, 0.29) is 16.7 Å². The molecule has 2 aliphatic heterocycles. The Morgan fingerprint density at radius 1 is 1.33 bits per heavy atom. The van der Waals surface area contributed by atoms with Gasteiger partial charge in [0.2, 0.25) is 0 Å². The summed E-state index contributed by atoms with van der Waals surface area (Å²) in [7, 11) is 0. The number of hydrogen-bond acceptors (Lipinski definition) is 4. The maximum Gasteiger partial charge on any atom is 0.272 e. The summed E-state index contributed by atoms with van der Waals surface area (Å²) in [5.74, 6) is 0. The van der Waals surface area contributed by atoms with E-state index in [2.05, 4.69) is 11.8 Å². The van der Waals surface area contributed by atoms with Gasteiger partial charge in [0.1, 0.15) is 0 Å². The van der Waals surface area contributed by atoms with Crippen molar-refractivity contribution in [2.24, 2.45) is 5.73 Å². The largest absolute Gasteiger partial charge is 0.328 e. The van der Waals surface area contributed by atoms with Gasteiger partial charge in [-0.25, -0.2) is 0 Å². The zero-order valence-electron chi connectivity index (χ0n) is 12.7. The first kappa shape index (κ1) is 14.5. The lowest BCUT2D eigenvalue weighted by molar-refractivity contribution is -0.385. The number of aryl methyl sites for hydroxylation is 1. The Kier molecular flexibility index (Phi) is 3.71. The molecule has 1 aromatic rings. The van der Waals surface area contributed by atoms with Crippen LogP contribution in [0.2, 0.25) is 0 Å². The maximum absolute atomic E-state index is 11.1. The van der Waals surface area contributed by atoms with Crippen molar-refractivity contribution in [2.45, 2.75) is 63.7 Å². The van der Waals surface area contributed by atoms with Gasteiger partial charge in [-0.15, -0.1) is 0 Å². The van der Waals surface area contributed by atoms with E-state index in [9.17, 15) is 10.1 Å². The molecule has 2 fully saturated rings. The van der Waals surface area contributed by atoms with Crippen LogP contribution in [0.15, 0.2) is 18.2 Å². The predicted molar refractivity (Wildman–Crippen MR) is 82.1 cm³/mol. The number of nitro benzene ring substituents is 1. The smallest absolute Gasteiger partial charge is 0.272 e. The van der Waals surface area contributed by atoms with E-state index in [0.717, 1.165) is 24.0 Å². The van der Waals surface area contributed by atoms with Crippen LogP contribution in [-0.2, 0) is 0 Å². The Morgan fingerprint density at radius 2 is 1.95 bits per heavy atom. The number of nitro groups is 1. The molecule has 0 aromatic heterocycles. The molecule has 2 heterocycles. The minimum Gasteiger partial charge on any atom is -0.328 e. The van der Waals surface area contributed by atoms with Crippen molar-refractivity contribution in [1.82, 2.24) is 4.90 Å². The zero-order valence-corrected chi connectivity index (χ0v) is 12.7. The fourth-order valence-corrected chi connectivity index (χ4v) is 4.14. The van der Waals surface area contributed by atoms with Gasteiger partial charge in [0.25, 0.3) is 5.69 Å². The molecule has 0 aliphatic carbocycles. The average molecular weight is 289 g/mol. The summed E-state index contributed by atoms with van der Waals surface area (Å²) in [5.41, 5.74) is 8.11. The summed E-state index contributed by atoms with van der Waals surface area (Å²) in [4.78, 5) is 13.4. The average Bonchev–Trinajstić information content (AvgIpc) is 2.70. The topological polar surface area (TPSA) is 72.4 Å². The Hall–Kier alpha value is -1.46. The Bertz CT molecular complexity index is 546. The first-order valence-corrected chi connectivity index (χ1v) is 7.75. The Labute approximate surface area is 125 Å². The lowest BCUT2D eigenvalue weighted by Crippen LogP contribution is -2.48. The quantitative estimate of drug-likeness (QED) is 0.686. The lowest BCUT2D eigenvalue weighted by Gasteiger charge is -2.41. The standard InChI is InChI=1S/C16H23N3O2/c1-10-3-4-12(7-16(10)19(20)21)11(2)18-14-5-6-15(18)9-13(17)8-14/h3-4,7,11,13-15H,5-6,8-9,17H2,1-2H3. The summed E-state index contributed by atoms with van der Waals surface area (Å²) in [6, 6.07) is 7.24. The van der Waals surface area contributed by atoms with Crippen LogP contribution in [0.5, 0.6) is 0 Å². The molecule has 3 unspecified atom stereocenters. The first-order chi connectivity index (χ1) is 9.97. The molecule has 5 heteroatoms. The molecule has 0 radical (unpaired) electrons. The molecule has 1 aromatic carbocycles. The summed E-state index contributed by atoms with van der Waals surface area (Å²) in [6.45, 7) is 3.95. The Balaban J connectivity index is 1.87. The second kappa shape index (κ2) is 5.39. The van der Waals surface area contributed by atoms with Crippen molar-refractivity contribution in [1.29, 1.82) is 0 Å². The van der Waals surface area contributed by atoms with Gasteiger partial charge in [-0.2, -0.15) is 0 Å². The van der Waals surface area contributed by atoms with Crippen molar-refractivity contribution in [3.8, 4) is 0 Å². The maximum atomic E-state index is 11.1. The molecule has 3 atom stereocenters. The number of hydrogen-bond donors (Lipinski definition) is 1. The van der Waals surface area contributed by atoms with Gasteiger partial charge >= 0.3 is 0 Å². The number of nitrogens with two attached hydrogens (primary N) is 1. The number of piperidine rings is 1. The SMILES string of the molecule is Cc1ccc(C(C)N2C3CCC2CC(N)C3)cc1[N+](=O)[O-]. The molecule has 5 nitrogen and oxygen atoms in total. The monoisotopic (exact) mass is 289 g/mol. The van der Waals surface area contributed by atoms with E-state index in [4.69, 9.17) is 5.73 Å². The van der Waals surface area contributed by atoms with Gasteiger partial charge < -0.3 is 5.73 Å². The third-order valence-corrected chi connectivity index (χ3v) is 5.19. The summed E-state index contributed by atoms with van der Waals surface area (Å²) < 4.78 is 0. The van der Waals surface area contributed by atoms with Gasteiger partial charge in [-0.1, -0.05) is 12.1 Å². The number of rotatable bonds is 3. The number of fused-ring (bicyclic) bond motifs is 2. The van der Waals surface area contributed by atoms with Crippen LogP contribution in [0.4, 0.5) is 5.69 Å². The van der Waals surface area contributed by atoms with E-state index in [0.29, 0.717) is 18.1 Å². The van der Waals surface area contributed by atoms with Crippen molar-refractivity contribution in [3.63, 3.8) is 0 Å². The summed E-state index contributed by atoms with van der Waals surface area (Å²) in [5, 5.41) is 11.1. The van der Waals surface area contributed by atoms with E-state index >= 15 is 0 Å². The molecule has 2 N–H and O–H groups in total. The second-order valence-corrected chi connectivity index (χ2v) is 6.54. The molecule has 0 amide bonds. The molecule has 0 saturated carbocycles. The second-order valence-electron chi connectivity index (χ2n) is 6.54. The van der Waals surface area contributed by atoms with Crippen molar-refractivity contribution < 1.29 is 4.92 Å². The first-order valence-electron chi connectivity index (χ1n) is 7.75. The molecule has 0 spiro atoms. The number of nitrogens with zero attached hydrogens (tertiary/aromatic N) is 2. The minimum absolute atomic E-state index is 0.217.